The number of halogens is 3. The fraction of sp³-hybridized carbons (Fsp3) is 0.190. The lowest BCUT2D eigenvalue weighted by Gasteiger charge is -2.18. The summed E-state index contributed by atoms with van der Waals surface area (Å²) in [6, 6.07) is 9.26. The Balaban J connectivity index is 2.08. The number of rotatable bonds is 6. The standard InChI is InChI=1S/C21H18BrF2N3O3/c1-11(2)27-19(13-5-3-4-12(8-13)18(25)28)26-20(17(22)21(27)29)30-10-14-6-7-15(23)9-16(14)24/h3-9,11H,10H2,1-2H3,(H2,25,28). The molecule has 0 aliphatic carbocycles. The number of ether oxygens (including phenoxy) is 1. The molecule has 0 aliphatic rings. The van der Waals surface area contributed by atoms with E-state index in [0.717, 1.165) is 12.1 Å². The minimum absolute atomic E-state index is 0.0555. The van der Waals surface area contributed by atoms with Crippen molar-refractivity contribution in [1.82, 2.24) is 9.55 Å². The second kappa shape index (κ2) is 8.74. The highest BCUT2D eigenvalue weighted by molar-refractivity contribution is 9.10. The van der Waals surface area contributed by atoms with E-state index in [0.29, 0.717) is 5.56 Å². The molecule has 2 N–H and O–H groups in total. The van der Waals surface area contributed by atoms with Crippen LogP contribution in [0, 0.1) is 11.6 Å². The second-order valence-corrected chi connectivity index (χ2v) is 7.59. The van der Waals surface area contributed by atoms with Gasteiger partial charge < -0.3 is 10.5 Å². The van der Waals surface area contributed by atoms with Crippen molar-refractivity contribution in [2.24, 2.45) is 5.73 Å². The summed E-state index contributed by atoms with van der Waals surface area (Å²) in [7, 11) is 0. The number of carbonyl (C=O) groups is 1. The first kappa shape index (κ1) is 21.6. The summed E-state index contributed by atoms with van der Waals surface area (Å²) < 4.78 is 34.1. The van der Waals surface area contributed by atoms with E-state index in [2.05, 4.69) is 20.9 Å². The van der Waals surface area contributed by atoms with E-state index >= 15 is 0 Å². The molecule has 2 aromatic carbocycles. The summed E-state index contributed by atoms with van der Waals surface area (Å²) in [5.74, 6) is -1.88. The average molecular weight is 478 g/mol. The third-order valence-electron chi connectivity index (χ3n) is 4.33. The largest absolute Gasteiger partial charge is 0.472 e. The van der Waals surface area contributed by atoms with E-state index in [4.69, 9.17) is 10.5 Å². The van der Waals surface area contributed by atoms with E-state index < -0.39 is 23.1 Å². The first-order valence-electron chi connectivity index (χ1n) is 8.98. The maximum atomic E-state index is 13.9. The monoisotopic (exact) mass is 477 g/mol. The number of amides is 1. The molecule has 3 rings (SSSR count). The van der Waals surface area contributed by atoms with Crippen LogP contribution in [0.15, 0.2) is 51.7 Å². The number of aromatic nitrogens is 2. The van der Waals surface area contributed by atoms with Crippen LogP contribution in [0.2, 0.25) is 0 Å². The first-order chi connectivity index (χ1) is 14.2. The Morgan fingerprint density at radius 3 is 2.60 bits per heavy atom. The topological polar surface area (TPSA) is 87.2 Å². The van der Waals surface area contributed by atoms with Crippen LogP contribution in [0.4, 0.5) is 8.78 Å². The number of nitrogens with zero attached hydrogens (tertiary/aromatic N) is 2. The number of hydrogen-bond donors (Lipinski definition) is 1. The van der Waals surface area contributed by atoms with Crippen molar-refractivity contribution < 1.29 is 18.3 Å². The first-order valence-corrected chi connectivity index (χ1v) is 9.77. The van der Waals surface area contributed by atoms with Gasteiger partial charge in [-0.05, 0) is 54.0 Å². The third-order valence-corrected chi connectivity index (χ3v) is 5.01. The summed E-state index contributed by atoms with van der Waals surface area (Å²) in [6.07, 6.45) is 0. The zero-order valence-electron chi connectivity index (χ0n) is 16.2. The highest BCUT2D eigenvalue weighted by Gasteiger charge is 2.20. The Hall–Kier alpha value is -3.07. The molecule has 1 heterocycles. The molecule has 156 valence electrons. The summed E-state index contributed by atoms with van der Waals surface area (Å²) in [6.45, 7) is 3.36. The van der Waals surface area contributed by atoms with Gasteiger partial charge in [-0.25, -0.2) is 8.78 Å². The Morgan fingerprint density at radius 1 is 1.23 bits per heavy atom. The second-order valence-electron chi connectivity index (χ2n) is 6.79. The average Bonchev–Trinajstić information content (AvgIpc) is 2.69. The van der Waals surface area contributed by atoms with Gasteiger partial charge in [0, 0.05) is 28.8 Å². The van der Waals surface area contributed by atoms with Gasteiger partial charge in [0.15, 0.2) is 0 Å². The van der Waals surface area contributed by atoms with Crippen molar-refractivity contribution in [2.75, 3.05) is 0 Å². The molecule has 9 heteroatoms. The summed E-state index contributed by atoms with van der Waals surface area (Å²) in [5, 5.41) is 0. The van der Waals surface area contributed by atoms with Crippen LogP contribution < -0.4 is 16.0 Å². The molecule has 6 nitrogen and oxygen atoms in total. The van der Waals surface area contributed by atoms with E-state index in [1.165, 1.54) is 16.7 Å². The molecule has 0 spiro atoms. The van der Waals surface area contributed by atoms with Crippen molar-refractivity contribution in [2.45, 2.75) is 26.5 Å². The van der Waals surface area contributed by atoms with Gasteiger partial charge in [-0.1, -0.05) is 12.1 Å². The number of benzene rings is 2. The molecule has 0 atom stereocenters. The molecule has 3 aromatic rings. The maximum absolute atomic E-state index is 13.9. The molecule has 0 bridgehead atoms. The van der Waals surface area contributed by atoms with Crippen LogP contribution in [-0.2, 0) is 6.61 Å². The minimum atomic E-state index is -0.768. The van der Waals surface area contributed by atoms with Crippen molar-refractivity contribution in [1.29, 1.82) is 0 Å². The number of nitrogens with two attached hydrogens (primary N) is 1. The molecule has 30 heavy (non-hydrogen) atoms. The van der Waals surface area contributed by atoms with Crippen molar-refractivity contribution in [3.8, 4) is 17.3 Å². The molecule has 1 aromatic heterocycles. The lowest BCUT2D eigenvalue weighted by molar-refractivity contribution is 0.100. The normalized spacial score (nSPS) is 11.0. The van der Waals surface area contributed by atoms with Crippen LogP contribution in [0.25, 0.3) is 11.4 Å². The van der Waals surface area contributed by atoms with Crippen LogP contribution in [-0.4, -0.2) is 15.5 Å². The molecular weight excluding hydrogens is 460 g/mol. The predicted molar refractivity (Wildman–Crippen MR) is 111 cm³/mol. The lowest BCUT2D eigenvalue weighted by atomic mass is 10.1. The quantitative estimate of drug-likeness (QED) is 0.575. The SMILES string of the molecule is CC(C)n1c(-c2cccc(C(N)=O)c2)nc(OCc2ccc(F)cc2F)c(Br)c1=O. The van der Waals surface area contributed by atoms with E-state index in [1.807, 2.05) is 13.8 Å². The van der Waals surface area contributed by atoms with Crippen LogP contribution in [0.5, 0.6) is 5.88 Å². The van der Waals surface area contributed by atoms with Crippen LogP contribution in [0.1, 0.15) is 35.8 Å². The van der Waals surface area contributed by atoms with E-state index in [9.17, 15) is 18.4 Å². The van der Waals surface area contributed by atoms with E-state index in [1.54, 1.807) is 18.2 Å². The number of primary amides is 1. The van der Waals surface area contributed by atoms with Gasteiger partial charge in [-0.15, -0.1) is 0 Å². The molecule has 0 fully saturated rings. The number of carbonyl (C=O) groups excluding carboxylic acids is 1. The van der Waals surface area contributed by atoms with Gasteiger partial charge in [0.2, 0.25) is 11.8 Å². The third kappa shape index (κ3) is 4.40. The Morgan fingerprint density at radius 2 is 1.97 bits per heavy atom. The van der Waals surface area contributed by atoms with Gasteiger partial charge in [0.05, 0.1) is 0 Å². The van der Waals surface area contributed by atoms with Gasteiger partial charge in [-0.2, -0.15) is 4.98 Å². The summed E-state index contributed by atoms with van der Waals surface area (Å²) in [4.78, 5) is 28.9. The summed E-state index contributed by atoms with van der Waals surface area (Å²) in [5.41, 5.74) is 5.80. The predicted octanol–water partition coefficient (Wildman–Crippen LogP) is 4.21. The summed E-state index contributed by atoms with van der Waals surface area (Å²) >= 11 is 3.20. The zero-order chi connectivity index (χ0) is 22.0. The molecule has 0 saturated heterocycles. The Bertz CT molecular complexity index is 1180. The van der Waals surface area contributed by atoms with Gasteiger partial charge in [-0.3, -0.25) is 14.2 Å². The zero-order valence-corrected chi connectivity index (χ0v) is 17.7. The lowest BCUT2D eigenvalue weighted by Crippen LogP contribution is -2.26. The maximum Gasteiger partial charge on any atom is 0.272 e. The van der Waals surface area contributed by atoms with E-state index in [-0.39, 0.29) is 40.0 Å². The highest BCUT2D eigenvalue weighted by atomic mass is 79.9. The Kier molecular flexibility index (Phi) is 6.31. The molecular formula is C21H18BrF2N3O3. The highest BCUT2D eigenvalue weighted by Crippen LogP contribution is 2.27. The van der Waals surface area contributed by atoms with Crippen LogP contribution in [0.3, 0.4) is 0 Å². The van der Waals surface area contributed by atoms with Crippen molar-refractivity contribution in [3.63, 3.8) is 0 Å². The fourth-order valence-electron chi connectivity index (χ4n) is 2.87. The number of hydrogen-bond acceptors (Lipinski definition) is 4. The van der Waals surface area contributed by atoms with Gasteiger partial charge >= 0.3 is 0 Å². The van der Waals surface area contributed by atoms with Crippen LogP contribution >= 0.6 is 15.9 Å². The smallest absolute Gasteiger partial charge is 0.272 e. The van der Waals surface area contributed by atoms with Gasteiger partial charge in [0.1, 0.15) is 28.5 Å². The molecule has 0 saturated carbocycles. The van der Waals surface area contributed by atoms with Gasteiger partial charge in [0.25, 0.3) is 5.56 Å². The molecule has 0 unspecified atom stereocenters. The fourth-order valence-corrected chi connectivity index (χ4v) is 3.26. The van der Waals surface area contributed by atoms with Crippen molar-refractivity contribution in [3.05, 3.63) is 80.1 Å². The Labute approximate surface area is 179 Å². The van der Waals surface area contributed by atoms with Crippen molar-refractivity contribution >= 4 is 21.8 Å². The molecule has 0 aliphatic heterocycles. The minimum Gasteiger partial charge on any atom is -0.472 e. The molecule has 1 amide bonds. The molecule has 0 radical (unpaired) electrons.